The van der Waals surface area contributed by atoms with Crippen molar-refractivity contribution in [1.29, 1.82) is 5.26 Å². The lowest BCUT2D eigenvalue weighted by atomic mass is 10.0. The van der Waals surface area contributed by atoms with E-state index in [0.29, 0.717) is 34.6 Å². The molecule has 0 amide bonds. The number of benzene rings is 2. The number of rotatable bonds is 11. The van der Waals surface area contributed by atoms with Crippen LogP contribution in [0.2, 0.25) is 0 Å². The van der Waals surface area contributed by atoms with Crippen molar-refractivity contribution in [2.45, 2.75) is 35.6 Å². The molecule has 4 rings (SSSR count). The summed E-state index contributed by atoms with van der Waals surface area (Å²) < 4.78 is 88.3. The first-order valence-electron chi connectivity index (χ1n) is 12.1. The van der Waals surface area contributed by atoms with Crippen LogP contribution in [0.3, 0.4) is 0 Å². The van der Waals surface area contributed by atoms with Gasteiger partial charge in [0.2, 0.25) is 0 Å². The van der Waals surface area contributed by atoms with Gasteiger partial charge < -0.3 is 19.1 Å². The molecule has 2 aromatic heterocycles. The SMILES string of the molecule is N#Cc1ccc(C(NS(=O)(=O)c2cc3ccc(OCCCC[n+]4ccccc4)cc3s2)P(=O)([O-])O)cc1C(F)(F)F. The van der Waals surface area contributed by atoms with Gasteiger partial charge in [-0.25, -0.2) is 13.0 Å². The van der Waals surface area contributed by atoms with E-state index in [1.54, 1.807) is 22.9 Å². The summed E-state index contributed by atoms with van der Waals surface area (Å²) in [6.45, 7) is 1.26. The lowest BCUT2D eigenvalue weighted by molar-refractivity contribution is -0.697. The Morgan fingerprint density at radius 3 is 2.51 bits per heavy atom. The third kappa shape index (κ3) is 7.71. The molecular formula is C26H23F3N3O6PS2. The third-order valence-electron chi connectivity index (χ3n) is 5.97. The zero-order valence-corrected chi connectivity index (χ0v) is 23.6. The van der Waals surface area contributed by atoms with E-state index in [1.165, 1.54) is 12.1 Å². The predicted molar refractivity (Wildman–Crippen MR) is 142 cm³/mol. The summed E-state index contributed by atoms with van der Waals surface area (Å²) in [6.07, 6.45) is 0.559. The number of pyridine rings is 1. The number of aromatic nitrogens is 1. The number of alkyl halides is 3. The van der Waals surface area contributed by atoms with Crippen molar-refractivity contribution >= 4 is 39.0 Å². The first-order chi connectivity index (χ1) is 19.3. The van der Waals surface area contributed by atoms with Crippen LogP contribution in [-0.4, -0.2) is 19.9 Å². The number of nitrogens with one attached hydrogen (secondary N) is 1. The van der Waals surface area contributed by atoms with Crippen molar-refractivity contribution in [2.24, 2.45) is 0 Å². The topological polar surface area (TPSA) is 143 Å². The first kappa shape index (κ1) is 30.6. The molecule has 2 heterocycles. The maximum atomic E-state index is 13.4. The number of halogens is 3. The van der Waals surface area contributed by atoms with Crippen LogP contribution in [0.15, 0.2) is 77.3 Å². The van der Waals surface area contributed by atoms with Crippen molar-refractivity contribution < 1.29 is 45.2 Å². The number of thiophene rings is 1. The largest absolute Gasteiger partial charge is 0.777 e. The van der Waals surface area contributed by atoms with Crippen LogP contribution in [0, 0.1) is 11.3 Å². The predicted octanol–water partition coefficient (Wildman–Crippen LogP) is 4.46. The Balaban J connectivity index is 1.50. The lowest BCUT2D eigenvalue weighted by Gasteiger charge is -2.28. The molecule has 9 nitrogen and oxygen atoms in total. The van der Waals surface area contributed by atoms with Crippen molar-refractivity contribution in [3.63, 3.8) is 0 Å². The second kappa shape index (κ2) is 12.3. The van der Waals surface area contributed by atoms with Gasteiger partial charge in [0, 0.05) is 23.3 Å². The van der Waals surface area contributed by atoms with Gasteiger partial charge in [0.25, 0.3) is 10.0 Å². The fraction of sp³-hybridized carbons (Fsp3) is 0.231. The van der Waals surface area contributed by atoms with Gasteiger partial charge in [0.1, 0.15) is 22.3 Å². The number of fused-ring (bicyclic) bond motifs is 1. The Morgan fingerprint density at radius 1 is 1.12 bits per heavy atom. The molecule has 0 fully saturated rings. The van der Waals surface area contributed by atoms with Crippen molar-refractivity contribution in [3.05, 3.63) is 89.7 Å². The number of hydrogen-bond acceptors (Lipinski definition) is 7. The third-order valence-corrected chi connectivity index (χ3v) is 10.2. The quantitative estimate of drug-likeness (QED) is 0.142. The van der Waals surface area contributed by atoms with Gasteiger partial charge in [-0.1, -0.05) is 12.1 Å². The summed E-state index contributed by atoms with van der Waals surface area (Å²) in [7, 11) is -10.2. The highest BCUT2D eigenvalue weighted by Gasteiger charge is 2.36. The molecule has 0 aliphatic heterocycles. The zero-order valence-electron chi connectivity index (χ0n) is 21.1. The minimum atomic E-state index is -5.60. The molecule has 4 aromatic rings. The highest BCUT2D eigenvalue weighted by molar-refractivity contribution is 7.92. The van der Waals surface area contributed by atoms with E-state index in [9.17, 15) is 35.9 Å². The second-order valence-electron chi connectivity index (χ2n) is 8.94. The monoisotopic (exact) mass is 625 g/mol. The molecule has 2 aromatic carbocycles. The van der Waals surface area contributed by atoms with Crippen molar-refractivity contribution in [2.75, 3.05) is 6.61 Å². The lowest BCUT2D eigenvalue weighted by Crippen LogP contribution is -2.32. The van der Waals surface area contributed by atoms with Crippen LogP contribution >= 0.6 is 18.9 Å². The zero-order chi connectivity index (χ0) is 29.8. The van der Waals surface area contributed by atoms with E-state index in [2.05, 4.69) is 4.57 Å². The molecular weight excluding hydrogens is 602 g/mol. The van der Waals surface area contributed by atoms with Crippen LogP contribution in [-0.2, 0) is 27.3 Å². The number of nitriles is 1. The molecule has 0 bridgehead atoms. The molecule has 2 unspecified atom stereocenters. The second-order valence-corrected chi connectivity index (χ2v) is 13.6. The smallest absolute Gasteiger partial charge is 0.417 e. The van der Waals surface area contributed by atoms with Gasteiger partial charge in [0.05, 0.1) is 23.8 Å². The van der Waals surface area contributed by atoms with E-state index in [-0.39, 0.29) is 4.21 Å². The number of nitrogens with zero attached hydrogens (tertiary/aromatic N) is 2. The van der Waals surface area contributed by atoms with E-state index >= 15 is 0 Å². The van der Waals surface area contributed by atoms with Crippen molar-refractivity contribution in [1.82, 2.24) is 4.72 Å². The first-order valence-corrected chi connectivity index (χ1v) is 16.0. The summed E-state index contributed by atoms with van der Waals surface area (Å²) >= 11 is 0.790. The van der Waals surface area contributed by atoms with Crippen LogP contribution in [0.5, 0.6) is 5.75 Å². The number of aryl methyl sites for hydroxylation is 1. The molecule has 0 saturated heterocycles. The van der Waals surface area contributed by atoms with Crippen molar-refractivity contribution in [3.8, 4) is 11.8 Å². The van der Waals surface area contributed by atoms with E-state index in [1.807, 2.05) is 30.6 Å². The standard InChI is InChI=1S/C26H23F3N3O6PS2/c27-26(28,29)22-14-19(6-7-20(22)17-30)25(39(33,34)35)31-41(36,37)24-15-18-8-9-21(16-23(18)40-24)38-13-5-4-12-32-10-2-1-3-11-32/h1-3,6-11,14-16,25,31H,4-5,12-13H2,(H-,33,34,35). The minimum Gasteiger partial charge on any atom is -0.777 e. The molecule has 15 heteroatoms. The average molecular weight is 626 g/mol. The maximum Gasteiger partial charge on any atom is 0.417 e. The summed E-state index contributed by atoms with van der Waals surface area (Å²) in [4.78, 5) is 21.8. The van der Waals surface area contributed by atoms with E-state index in [4.69, 9.17) is 10.00 Å². The average Bonchev–Trinajstić information content (AvgIpc) is 3.35. The molecule has 0 saturated carbocycles. The highest BCUT2D eigenvalue weighted by Crippen LogP contribution is 2.48. The number of hydrogen-bond donors (Lipinski definition) is 2. The van der Waals surface area contributed by atoms with Gasteiger partial charge in [-0.2, -0.15) is 23.2 Å². The molecule has 0 aliphatic rings. The van der Waals surface area contributed by atoms with Gasteiger partial charge in [0.15, 0.2) is 20.0 Å². The minimum absolute atomic E-state index is 0.319. The van der Waals surface area contributed by atoms with Gasteiger partial charge in [-0.3, -0.25) is 0 Å². The number of sulfonamides is 1. The number of unbranched alkanes of at least 4 members (excludes halogenated alkanes) is 1. The maximum absolute atomic E-state index is 13.4. The molecule has 0 spiro atoms. The van der Waals surface area contributed by atoms with Gasteiger partial charge in [-0.15, -0.1) is 11.3 Å². The van der Waals surface area contributed by atoms with Gasteiger partial charge >= 0.3 is 6.18 Å². The highest BCUT2D eigenvalue weighted by atomic mass is 32.2. The molecule has 41 heavy (non-hydrogen) atoms. The summed E-state index contributed by atoms with van der Waals surface area (Å²) in [5.41, 5.74) is -2.97. The van der Waals surface area contributed by atoms with Crippen LogP contribution < -0.4 is 18.9 Å². The summed E-state index contributed by atoms with van der Waals surface area (Å²) in [5.74, 6) is -1.93. The summed E-state index contributed by atoms with van der Waals surface area (Å²) in [5, 5.41) is 9.48. The summed E-state index contributed by atoms with van der Waals surface area (Å²) in [6, 6.07) is 15.2. The van der Waals surface area contributed by atoms with E-state index < -0.39 is 46.3 Å². The Morgan fingerprint density at radius 2 is 1.85 bits per heavy atom. The molecule has 2 N–H and O–H groups in total. The molecule has 0 radical (unpaired) electrons. The normalized spacial score (nSPS) is 14.3. The number of ether oxygens (including phenoxy) is 1. The Bertz CT molecular complexity index is 1730. The molecule has 2 atom stereocenters. The van der Waals surface area contributed by atoms with E-state index in [0.717, 1.165) is 36.8 Å². The van der Waals surface area contributed by atoms with Crippen LogP contribution in [0.1, 0.15) is 35.3 Å². The Labute approximate surface area is 237 Å². The Kier molecular flexibility index (Phi) is 9.18. The molecule has 0 aliphatic carbocycles. The van der Waals surface area contributed by atoms with Gasteiger partial charge in [-0.05, 0) is 53.8 Å². The van der Waals surface area contributed by atoms with Crippen LogP contribution in [0.4, 0.5) is 13.2 Å². The fourth-order valence-electron chi connectivity index (χ4n) is 3.97. The molecule has 216 valence electrons. The fourth-order valence-corrected chi connectivity index (χ4v) is 7.96. The van der Waals surface area contributed by atoms with Crippen LogP contribution in [0.25, 0.3) is 10.1 Å². The Hall–Kier alpha value is -3.31.